The fourth-order valence-corrected chi connectivity index (χ4v) is 2.85. The van der Waals surface area contributed by atoms with Gasteiger partial charge in [0, 0.05) is 0 Å². The molecule has 0 aliphatic heterocycles. The predicted octanol–water partition coefficient (Wildman–Crippen LogP) is 2.16. The first-order valence-corrected chi connectivity index (χ1v) is 6.12. The second-order valence-corrected chi connectivity index (χ2v) is 4.71. The number of rotatable bonds is 3. The van der Waals surface area contributed by atoms with Gasteiger partial charge >= 0.3 is 5.97 Å². The standard InChI is InChI=1S/C14H17FO3/c1-3-11(13(16)18-2)14(17)7-6-9-8-10(15)4-5-12(9)14/h4-5,8,11,17H,3,6-7H2,1-2H3. The summed E-state index contributed by atoms with van der Waals surface area (Å²) < 4.78 is 17.9. The molecule has 0 bridgehead atoms. The van der Waals surface area contributed by atoms with Gasteiger partial charge in [-0.05, 0) is 42.5 Å². The van der Waals surface area contributed by atoms with Crippen LogP contribution in [0.5, 0.6) is 0 Å². The highest BCUT2D eigenvalue weighted by Crippen LogP contribution is 2.44. The van der Waals surface area contributed by atoms with Crippen LogP contribution in [-0.4, -0.2) is 18.2 Å². The zero-order valence-electron chi connectivity index (χ0n) is 10.6. The van der Waals surface area contributed by atoms with Gasteiger partial charge in [0.1, 0.15) is 11.4 Å². The van der Waals surface area contributed by atoms with E-state index in [9.17, 15) is 14.3 Å². The summed E-state index contributed by atoms with van der Waals surface area (Å²) in [6.45, 7) is 1.83. The molecule has 1 N–H and O–H groups in total. The molecule has 4 heteroatoms. The molecular formula is C14H17FO3. The number of hydrogen-bond donors (Lipinski definition) is 1. The SMILES string of the molecule is CCC(C(=O)OC)C1(O)CCc2cc(F)ccc21. The van der Waals surface area contributed by atoms with Gasteiger partial charge in [0.2, 0.25) is 0 Å². The largest absolute Gasteiger partial charge is 0.469 e. The number of ether oxygens (including phenoxy) is 1. The first-order chi connectivity index (χ1) is 8.52. The summed E-state index contributed by atoms with van der Waals surface area (Å²) in [6, 6.07) is 4.32. The molecule has 0 saturated heterocycles. The molecule has 2 unspecified atom stereocenters. The summed E-state index contributed by atoms with van der Waals surface area (Å²) in [5, 5.41) is 10.8. The van der Waals surface area contributed by atoms with Crippen molar-refractivity contribution in [2.45, 2.75) is 31.8 Å². The Balaban J connectivity index is 2.43. The molecule has 0 amide bonds. The molecule has 0 fully saturated rings. The van der Waals surface area contributed by atoms with Gasteiger partial charge in [0.05, 0.1) is 13.0 Å². The fraction of sp³-hybridized carbons (Fsp3) is 0.500. The number of esters is 1. The van der Waals surface area contributed by atoms with Crippen molar-refractivity contribution in [3.05, 3.63) is 35.1 Å². The van der Waals surface area contributed by atoms with Crippen LogP contribution < -0.4 is 0 Å². The van der Waals surface area contributed by atoms with Gasteiger partial charge in [0.15, 0.2) is 0 Å². The van der Waals surface area contributed by atoms with Crippen LogP contribution in [-0.2, 0) is 21.6 Å². The number of carbonyl (C=O) groups is 1. The van der Waals surface area contributed by atoms with E-state index >= 15 is 0 Å². The highest BCUT2D eigenvalue weighted by atomic mass is 19.1. The summed E-state index contributed by atoms with van der Waals surface area (Å²) in [5.74, 6) is -1.34. The predicted molar refractivity (Wildman–Crippen MR) is 64.4 cm³/mol. The van der Waals surface area contributed by atoms with Gasteiger partial charge in [-0.3, -0.25) is 4.79 Å². The Morgan fingerprint density at radius 3 is 2.94 bits per heavy atom. The van der Waals surface area contributed by atoms with Gasteiger partial charge in [-0.2, -0.15) is 0 Å². The van der Waals surface area contributed by atoms with E-state index in [0.29, 0.717) is 24.8 Å². The summed E-state index contributed by atoms with van der Waals surface area (Å²) in [5.41, 5.74) is 0.200. The molecule has 0 aromatic heterocycles. The van der Waals surface area contributed by atoms with Gasteiger partial charge in [0.25, 0.3) is 0 Å². The highest BCUT2D eigenvalue weighted by molar-refractivity contribution is 5.74. The van der Waals surface area contributed by atoms with E-state index in [-0.39, 0.29) is 5.82 Å². The third kappa shape index (κ3) is 1.90. The smallest absolute Gasteiger partial charge is 0.311 e. The molecule has 18 heavy (non-hydrogen) atoms. The molecule has 2 rings (SSSR count). The maximum atomic E-state index is 13.1. The lowest BCUT2D eigenvalue weighted by atomic mass is 9.81. The quantitative estimate of drug-likeness (QED) is 0.838. The average Bonchev–Trinajstić information content (AvgIpc) is 2.68. The highest BCUT2D eigenvalue weighted by Gasteiger charge is 2.46. The van der Waals surface area contributed by atoms with Crippen LogP contribution in [0.2, 0.25) is 0 Å². The summed E-state index contributed by atoms with van der Waals surface area (Å²) in [7, 11) is 1.31. The number of hydrogen-bond acceptors (Lipinski definition) is 3. The van der Waals surface area contributed by atoms with Gasteiger partial charge in [-0.1, -0.05) is 13.0 Å². The van der Waals surface area contributed by atoms with Crippen LogP contribution in [0.25, 0.3) is 0 Å². The molecule has 0 spiro atoms. The molecule has 1 aromatic carbocycles. The van der Waals surface area contributed by atoms with E-state index in [4.69, 9.17) is 4.74 Å². The zero-order chi connectivity index (χ0) is 13.3. The normalized spacial score (nSPS) is 23.6. The molecular weight excluding hydrogens is 235 g/mol. The van der Waals surface area contributed by atoms with E-state index in [2.05, 4.69) is 0 Å². The number of benzene rings is 1. The number of methoxy groups -OCH3 is 1. The third-order valence-electron chi connectivity index (χ3n) is 3.78. The van der Waals surface area contributed by atoms with Crippen molar-refractivity contribution in [3.8, 4) is 0 Å². The number of aryl methyl sites for hydroxylation is 1. The minimum absolute atomic E-state index is 0.316. The maximum absolute atomic E-state index is 13.1. The Bertz CT molecular complexity index is 472. The van der Waals surface area contributed by atoms with E-state index in [0.717, 1.165) is 5.56 Å². The van der Waals surface area contributed by atoms with Gasteiger partial charge in [-0.25, -0.2) is 4.39 Å². The molecule has 1 aliphatic carbocycles. The van der Waals surface area contributed by atoms with Crippen molar-refractivity contribution >= 4 is 5.97 Å². The average molecular weight is 252 g/mol. The lowest BCUT2D eigenvalue weighted by Gasteiger charge is -2.31. The number of halogens is 1. The van der Waals surface area contributed by atoms with Crippen molar-refractivity contribution < 1.29 is 19.0 Å². The van der Waals surface area contributed by atoms with Crippen LogP contribution in [0.4, 0.5) is 4.39 Å². The molecule has 0 radical (unpaired) electrons. The van der Waals surface area contributed by atoms with Crippen LogP contribution in [0.15, 0.2) is 18.2 Å². The Labute approximate surface area is 106 Å². The first-order valence-electron chi connectivity index (χ1n) is 6.12. The summed E-state index contributed by atoms with van der Waals surface area (Å²) >= 11 is 0. The number of carbonyl (C=O) groups excluding carboxylic acids is 1. The van der Waals surface area contributed by atoms with Crippen LogP contribution >= 0.6 is 0 Å². The second kappa shape index (κ2) is 4.69. The van der Waals surface area contributed by atoms with Gasteiger partial charge in [-0.15, -0.1) is 0 Å². The summed E-state index contributed by atoms with van der Waals surface area (Å²) in [4.78, 5) is 11.8. The fourth-order valence-electron chi connectivity index (χ4n) is 2.85. The third-order valence-corrected chi connectivity index (χ3v) is 3.78. The second-order valence-electron chi connectivity index (χ2n) is 4.71. The Hall–Kier alpha value is -1.42. The lowest BCUT2D eigenvalue weighted by molar-refractivity contribution is -0.157. The van der Waals surface area contributed by atoms with Gasteiger partial charge < -0.3 is 9.84 Å². The topological polar surface area (TPSA) is 46.5 Å². The van der Waals surface area contributed by atoms with Crippen LogP contribution in [0.1, 0.15) is 30.9 Å². The van der Waals surface area contributed by atoms with Crippen molar-refractivity contribution in [1.82, 2.24) is 0 Å². The molecule has 0 saturated carbocycles. The Morgan fingerprint density at radius 2 is 2.33 bits per heavy atom. The van der Waals surface area contributed by atoms with E-state index in [1.165, 1.54) is 19.2 Å². The first kappa shape index (κ1) is 13.0. The van der Waals surface area contributed by atoms with Crippen molar-refractivity contribution in [2.24, 2.45) is 5.92 Å². The minimum Gasteiger partial charge on any atom is -0.469 e. The molecule has 98 valence electrons. The summed E-state index contributed by atoms with van der Waals surface area (Å²) in [6.07, 6.45) is 1.50. The van der Waals surface area contributed by atoms with Crippen molar-refractivity contribution in [3.63, 3.8) is 0 Å². The maximum Gasteiger partial charge on any atom is 0.311 e. The lowest BCUT2D eigenvalue weighted by Crippen LogP contribution is -2.38. The molecule has 3 nitrogen and oxygen atoms in total. The number of aliphatic hydroxyl groups is 1. The Kier molecular flexibility index (Phi) is 3.39. The molecule has 1 aliphatic rings. The number of fused-ring (bicyclic) bond motifs is 1. The van der Waals surface area contributed by atoms with Crippen LogP contribution in [0.3, 0.4) is 0 Å². The molecule has 2 atom stereocenters. The van der Waals surface area contributed by atoms with Crippen molar-refractivity contribution in [1.29, 1.82) is 0 Å². The van der Waals surface area contributed by atoms with E-state index in [1.807, 2.05) is 6.92 Å². The Morgan fingerprint density at radius 1 is 1.61 bits per heavy atom. The van der Waals surface area contributed by atoms with Crippen LogP contribution in [0, 0.1) is 11.7 Å². The molecule has 0 heterocycles. The molecule has 1 aromatic rings. The van der Waals surface area contributed by atoms with Crippen molar-refractivity contribution in [2.75, 3.05) is 7.11 Å². The zero-order valence-corrected chi connectivity index (χ0v) is 10.6. The minimum atomic E-state index is -1.23. The monoisotopic (exact) mass is 252 g/mol. The van der Waals surface area contributed by atoms with E-state index in [1.54, 1.807) is 6.07 Å². The van der Waals surface area contributed by atoms with E-state index < -0.39 is 17.5 Å².